The summed E-state index contributed by atoms with van der Waals surface area (Å²) in [6, 6.07) is 3.76. The second kappa shape index (κ2) is 6.74. The van der Waals surface area contributed by atoms with Gasteiger partial charge in [-0.1, -0.05) is 6.07 Å². The fourth-order valence-electron chi connectivity index (χ4n) is 1.93. The maximum Gasteiger partial charge on any atom is 0.261 e. The summed E-state index contributed by atoms with van der Waals surface area (Å²) in [7, 11) is 0. The van der Waals surface area contributed by atoms with Crippen LogP contribution in [0.4, 0.5) is 0 Å². The molecule has 1 amide bonds. The molecule has 1 saturated heterocycles. The minimum atomic E-state index is 0.0558. The summed E-state index contributed by atoms with van der Waals surface area (Å²) in [5.41, 5.74) is 0. The lowest BCUT2D eigenvalue weighted by Crippen LogP contribution is -2.44. The van der Waals surface area contributed by atoms with Crippen LogP contribution in [-0.2, 0) is 0 Å². The van der Waals surface area contributed by atoms with Gasteiger partial charge in [-0.25, -0.2) is 0 Å². The third-order valence-electron chi connectivity index (χ3n) is 2.89. The number of amides is 1. The van der Waals surface area contributed by atoms with Crippen molar-refractivity contribution in [3.63, 3.8) is 0 Å². The van der Waals surface area contributed by atoms with Crippen LogP contribution >= 0.6 is 11.3 Å². The number of thiophene rings is 1. The summed E-state index contributed by atoms with van der Waals surface area (Å²) in [5, 5.41) is 8.21. The van der Waals surface area contributed by atoms with E-state index in [-0.39, 0.29) is 5.91 Å². The highest BCUT2D eigenvalue weighted by Crippen LogP contribution is 2.07. The van der Waals surface area contributed by atoms with Gasteiger partial charge < -0.3 is 15.5 Å². The van der Waals surface area contributed by atoms with E-state index in [1.807, 2.05) is 17.5 Å². The Bertz CT molecular complexity index is 334. The lowest BCUT2D eigenvalue weighted by atomic mass is 10.3. The number of nitrogens with zero attached hydrogens (tertiary/aromatic N) is 1. The van der Waals surface area contributed by atoms with E-state index in [4.69, 9.17) is 0 Å². The van der Waals surface area contributed by atoms with E-state index in [9.17, 15) is 4.79 Å². The highest BCUT2D eigenvalue weighted by atomic mass is 32.1. The zero-order valence-electron chi connectivity index (χ0n) is 9.95. The molecule has 1 aromatic rings. The molecule has 0 atom stereocenters. The highest BCUT2D eigenvalue weighted by molar-refractivity contribution is 7.12. The Balaban J connectivity index is 1.58. The second-order valence-corrected chi connectivity index (χ2v) is 5.13. The van der Waals surface area contributed by atoms with E-state index in [0.29, 0.717) is 0 Å². The summed E-state index contributed by atoms with van der Waals surface area (Å²) in [4.78, 5) is 14.9. The predicted molar refractivity (Wildman–Crippen MR) is 70.6 cm³/mol. The zero-order chi connectivity index (χ0) is 11.9. The highest BCUT2D eigenvalue weighted by Gasteiger charge is 2.09. The molecule has 1 aliphatic heterocycles. The molecule has 0 aliphatic carbocycles. The van der Waals surface area contributed by atoms with Gasteiger partial charge in [-0.3, -0.25) is 4.79 Å². The molecule has 5 heteroatoms. The number of rotatable bonds is 5. The normalized spacial score (nSPS) is 16.9. The van der Waals surface area contributed by atoms with Gasteiger partial charge in [-0.15, -0.1) is 11.3 Å². The van der Waals surface area contributed by atoms with Crippen LogP contribution in [0.5, 0.6) is 0 Å². The fraction of sp³-hybridized carbons (Fsp3) is 0.583. The minimum absolute atomic E-state index is 0.0558. The van der Waals surface area contributed by atoms with Gasteiger partial charge in [0, 0.05) is 32.7 Å². The maximum absolute atomic E-state index is 11.6. The molecular formula is C12H19N3OS. The van der Waals surface area contributed by atoms with E-state index < -0.39 is 0 Å². The number of carbonyl (C=O) groups excluding carboxylic acids is 1. The van der Waals surface area contributed by atoms with Crippen LogP contribution in [0.25, 0.3) is 0 Å². The van der Waals surface area contributed by atoms with Gasteiger partial charge in [0.05, 0.1) is 4.88 Å². The van der Waals surface area contributed by atoms with Crippen LogP contribution < -0.4 is 10.6 Å². The van der Waals surface area contributed by atoms with Crippen molar-refractivity contribution in [1.29, 1.82) is 0 Å². The molecule has 0 bridgehead atoms. The molecule has 0 radical (unpaired) electrons. The van der Waals surface area contributed by atoms with E-state index in [0.717, 1.165) is 50.6 Å². The summed E-state index contributed by atoms with van der Waals surface area (Å²) in [6.45, 7) is 6.26. The third kappa shape index (κ3) is 4.11. The van der Waals surface area contributed by atoms with Crippen LogP contribution in [-0.4, -0.2) is 50.1 Å². The molecule has 17 heavy (non-hydrogen) atoms. The number of hydrogen-bond acceptors (Lipinski definition) is 4. The SMILES string of the molecule is O=C(NCCCN1CCNCC1)c1cccs1. The third-order valence-corrected chi connectivity index (χ3v) is 3.76. The quantitative estimate of drug-likeness (QED) is 0.762. The molecule has 1 aromatic heterocycles. The molecule has 0 saturated carbocycles. The molecule has 2 rings (SSSR count). The standard InChI is InChI=1S/C12H19N3OS/c16-12(11-3-1-10-17-11)14-4-2-7-15-8-5-13-6-9-15/h1,3,10,13H,2,4-9H2,(H,14,16). The van der Waals surface area contributed by atoms with Crippen molar-refractivity contribution in [2.45, 2.75) is 6.42 Å². The first kappa shape index (κ1) is 12.5. The van der Waals surface area contributed by atoms with Crippen LogP contribution in [0.3, 0.4) is 0 Å². The van der Waals surface area contributed by atoms with Gasteiger partial charge >= 0.3 is 0 Å². The molecular weight excluding hydrogens is 234 g/mol. The van der Waals surface area contributed by atoms with Crippen LogP contribution in [0.15, 0.2) is 17.5 Å². The molecule has 94 valence electrons. The number of hydrogen-bond donors (Lipinski definition) is 2. The van der Waals surface area contributed by atoms with Gasteiger partial charge in [0.25, 0.3) is 5.91 Å². The average molecular weight is 253 g/mol. The Morgan fingerprint density at radius 2 is 2.29 bits per heavy atom. The van der Waals surface area contributed by atoms with Gasteiger partial charge in [-0.05, 0) is 24.4 Å². The monoisotopic (exact) mass is 253 g/mol. The first-order valence-corrected chi connectivity index (χ1v) is 6.99. The van der Waals surface area contributed by atoms with Crippen molar-refractivity contribution in [2.75, 3.05) is 39.3 Å². The zero-order valence-corrected chi connectivity index (χ0v) is 10.8. The fourth-order valence-corrected chi connectivity index (χ4v) is 2.57. The van der Waals surface area contributed by atoms with Gasteiger partial charge in [0.2, 0.25) is 0 Å². The lowest BCUT2D eigenvalue weighted by Gasteiger charge is -2.27. The van der Waals surface area contributed by atoms with E-state index in [2.05, 4.69) is 15.5 Å². The van der Waals surface area contributed by atoms with Crippen molar-refractivity contribution in [2.24, 2.45) is 0 Å². The molecule has 2 heterocycles. The number of nitrogens with one attached hydrogen (secondary N) is 2. The largest absolute Gasteiger partial charge is 0.351 e. The number of carbonyl (C=O) groups is 1. The Kier molecular flexibility index (Phi) is 4.97. The van der Waals surface area contributed by atoms with Gasteiger partial charge in [0.1, 0.15) is 0 Å². The van der Waals surface area contributed by atoms with Crippen molar-refractivity contribution < 1.29 is 4.79 Å². The summed E-state index contributed by atoms with van der Waals surface area (Å²) in [5.74, 6) is 0.0558. The molecule has 0 spiro atoms. The first-order chi connectivity index (χ1) is 8.36. The van der Waals surface area contributed by atoms with Gasteiger partial charge in [-0.2, -0.15) is 0 Å². The average Bonchev–Trinajstić information content (AvgIpc) is 2.89. The predicted octanol–water partition coefficient (Wildman–Crippen LogP) is 0.773. The van der Waals surface area contributed by atoms with Crippen LogP contribution in [0.1, 0.15) is 16.1 Å². The number of piperazine rings is 1. The van der Waals surface area contributed by atoms with Crippen molar-refractivity contribution >= 4 is 17.2 Å². The summed E-state index contributed by atoms with van der Waals surface area (Å²) < 4.78 is 0. The van der Waals surface area contributed by atoms with Crippen molar-refractivity contribution in [1.82, 2.24) is 15.5 Å². The van der Waals surface area contributed by atoms with Crippen LogP contribution in [0.2, 0.25) is 0 Å². The summed E-state index contributed by atoms with van der Waals surface area (Å²) in [6.07, 6.45) is 1.02. The second-order valence-electron chi connectivity index (χ2n) is 4.18. The Morgan fingerprint density at radius 3 is 3.00 bits per heavy atom. The molecule has 1 aliphatic rings. The van der Waals surface area contributed by atoms with Crippen molar-refractivity contribution in [3.05, 3.63) is 22.4 Å². The molecule has 1 fully saturated rings. The Morgan fingerprint density at radius 1 is 1.47 bits per heavy atom. The molecule has 0 aromatic carbocycles. The topological polar surface area (TPSA) is 44.4 Å². The molecule has 4 nitrogen and oxygen atoms in total. The molecule has 0 unspecified atom stereocenters. The van der Waals surface area contributed by atoms with E-state index in [1.54, 1.807) is 0 Å². The summed E-state index contributed by atoms with van der Waals surface area (Å²) >= 11 is 1.49. The van der Waals surface area contributed by atoms with E-state index >= 15 is 0 Å². The smallest absolute Gasteiger partial charge is 0.261 e. The van der Waals surface area contributed by atoms with Crippen LogP contribution in [0, 0.1) is 0 Å². The minimum Gasteiger partial charge on any atom is -0.351 e. The van der Waals surface area contributed by atoms with E-state index in [1.165, 1.54) is 11.3 Å². The van der Waals surface area contributed by atoms with Gasteiger partial charge in [0.15, 0.2) is 0 Å². The van der Waals surface area contributed by atoms with Crippen molar-refractivity contribution in [3.8, 4) is 0 Å². The first-order valence-electron chi connectivity index (χ1n) is 6.11. The lowest BCUT2D eigenvalue weighted by molar-refractivity contribution is 0.0955. The Hall–Kier alpha value is -0.910. The Labute approximate surface area is 106 Å². The maximum atomic E-state index is 11.6. The molecule has 2 N–H and O–H groups in total.